The lowest BCUT2D eigenvalue weighted by Crippen LogP contribution is -2.22. The van der Waals surface area contributed by atoms with Crippen LogP contribution in [0.5, 0.6) is 0 Å². The molecule has 5 heteroatoms. The first-order valence-electron chi connectivity index (χ1n) is 10.0. The molecule has 1 aliphatic heterocycles. The Labute approximate surface area is 163 Å². The van der Waals surface area contributed by atoms with Crippen LogP contribution in [0.3, 0.4) is 0 Å². The fourth-order valence-electron chi connectivity index (χ4n) is 4.71. The predicted octanol–water partition coefficient (Wildman–Crippen LogP) is 6.23. The Morgan fingerprint density at radius 2 is 1.96 bits per heavy atom. The van der Waals surface area contributed by atoms with Gasteiger partial charge in [0, 0.05) is 12.8 Å². The van der Waals surface area contributed by atoms with Crippen molar-refractivity contribution in [3.8, 4) is 0 Å². The minimum atomic E-state index is -0.536. The number of rotatable bonds is 12. The average Bonchev–Trinajstić information content (AvgIpc) is 3.07. The van der Waals surface area contributed by atoms with E-state index in [1.54, 1.807) is 0 Å². The first-order chi connectivity index (χ1) is 11.7. The fraction of sp³-hybridized carbons (Fsp3) is 1.00. The van der Waals surface area contributed by atoms with Gasteiger partial charge in [-0.2, -0.15) is 0 Å². The summed E-state index contributed by atoms with van der Waals surface area (Å²) in [4.78, 5) is 0. The maximum absolute atomic E-state index is 9.82. The third kappa shape index (κ3) is 6.33. The molecule has 0 radical (unpaired) electrons. The lowest BCUT2D eigenvalue weighted by molar-refractivity contribution is -0.0939. The van der Waals surface area contributed by atoms with Crippen molar-refractivity contribution >= 4 is 28.5 Å². The molecule has 0 bridgehead atoms. The molecule has 0 aromatic heterocycles. The van der Waals surface area contributed by atoms with Crippen LogP contribution in [0.4, 0.5) is 0 Å². The lowest BCUT2D eigenvalue weighted by Gasteiger charge is -2.25. The molecule has 24 heavy (non-hydrogen) atoms. The summed E-state index contributed by atoms with van der Waals surface area (Å²) in [5.74, 6) is 1.96. The highest BCUT2D eigenvalue weighted by Gasteiger charge is 2.49. The number of unbranched alkanes of at least 4 members (excludes halogenated alkanes) is 4. The van der Waals surface area contributed by atoms with Gasteiger partial charge in [0.05, 0.1) is 18.7 Å². The van der Waals surface area contributed by atoms with Gasteiger partial charge < -0.3 is 14.4 Å². The Bertz CT molecular complexity index is 345. The summed E-state index contributed by atoms with van der Waals surface area (Å²) in [6, 6.07) is 0. The van der Waals surface area contributed by atoms with Gasteiger partial charge in [0.15, 0.2) is 6.29 Å². The zero-order valence-electron chi connectivity index (χ0n) is 15.4. The second kappa shape index (κ2) is 11.7. The van der Waals surface area contributed by atoms with Crippen LogP contribution in [-0.4, -0.2) is 23.6 Å². The van der Waals surface area contributed by atoms with Gasteiger partial charge in [-0.15, -0.1) is 0 Å². The van der Waals surface area contributed by atoms with Gasteiger partial charge in [0.2, 0.25) is 0 Å². The van der Waals surface area contributed by atoms with Gasteiger partial charge in [-0.1, -0.05) is 65.2 Å². The first kappa shape index (κ1) is 21.3. The van der Waals surface area contributed by atoms with E-state index in [9.17, 15) is 5.11 Å². The minimum Gasteiger partial charge on any atom is -0.368 e. The summed E-state index contributed by atoms with van der Waals surface area (Å²) in [7, 11) is 0. The van der Waals surface area contributed by atoms with Crippen LogP contribution in [-0.2, 0) is 9.26 Å². The molecule has 0 amide bonds. The molecule has 1 N–H and O–H groups in total. The number of aliphatic hydroxyl groups is 1. The van der Waals surface area contributed by atoms with Gasteiger partial charge in [-0.25, -0.2) is 0 Å². The van der Waals surface area contributed by atoms with Crippen LogP contribution in [0.15, 0.2) is 0 Å². The van der Waals surface area contributed by atoms with Crippen LogP contribution >= 0.6 is 28.5 Å². The first-order valence-corrected chi connectivity index (χ1v) is 14.1. The van der Waals surface area contributed by atoms with E-state index in [2.05, 4.69) is 35.9 Å². The monoisotopic (exact) mass is 470 g/mol. The van der Waals surface area contributed by atoms with Gasteiger partial charge in [-0.05, 0) is 46.2 Å². The molecular formula is C19H36IO3P. The Hall–Kier alpha value is 1.04. The van der Waals surface area contributed by atoms with Crippen LogP contribution in [0.2, 0.25) is 0 Å². The molecule has 3 unspecified atom stereocenters. The molecule has 2 aliphatic rings. The average molecular weight is 470 g/mol. The molecule has 142 valence electrons. The lowest BCUT2D eigenvalue weighted by atomic mass is 9.83. The number of aliphatic hydroxyl groups excluding tert-OH is 1. The van der Waals surface area contributed by atoms with Gasteiger partial charge in [-0.3, -0.25) is 0 Å². The SMILES string of the molecule is CCCCCCCC(CC)CC[C@@H]1[C@H]2CC(O)O[C@H]2C[C@H]1OPI. The molecule has 0 aromatic rings. The summed E-state index contributed by atoms with van der Waals surface area (Å²) in [6.07, 6.45) is 14.0. The van der Waals surface area contributed by atoms with Crippen LogP contribution in [0, 0.1) is 17.8 Å². The minimum absolute atomic E-state index is 0.233. The molecule has 2 fully saturated rings. The number of fused-ring (bicyclic) bond motifs is 1. The maximum Gasteiger partial charge on any atom is 0.155 e. The predicted molar refractivity (Wildman–Crippen MR) is 111 cm³/mol. The molecule has 0 aromatic carbocycles. The zero-order chi connectivity index (χ0) is 17.4. The van der Waals surface area contributed by atoms with Crippen molar-refractivity contribution in [1.29, 1.82) is 0 Å². The van der Waals surface area contributed by atoms with Crippen molar-refractivity contribution in [3.63, 3.8) is 0 Å². The van der Waals surface area contributed by atoms with Crippen LogP contribution in [0.25, 0.3) is 0 Å². The molecular weight excluding hydrogens is 434 g/mol. The van der Waals surface area contributed by atoms with E-state index >= 15 is 0 Å². The Morgan fingerprint density at radius 1 is 1.17 bits per heavy atom. The number of ether oxygens (including phenoxy) is 1. The summed E-state index contributed by atoms with van der Waals surface area (Å²) in [5, 5.41) is 9.82. The van der Waals surface area contributed by atoms with E-state index in [1.807, 2.05) is 0 Å². The fourth-order valence-corrected chi connectivity index (χ4v) is 6.08. The van der Waals surface area contributed by atoms with Crippen molar-refractivity contribution in [1.82, 2.24) is 0 Å². The van der Waals surface area contributed by atoms with Gasteiger partial charge in [0.25, 0.3) is 0 Å². The van der Waals surface area contributed by atoms with E-state index in [0.717, 1.165) is 18.8 Å². The van der Waals surface area contributed by atoms with E-state index in [1.165, 1.54) is 57.8 Å². The molecule has 1 saturated carbocycles. The zero-order valence-corrected chi connectivity index (χ0v) is 18.5. The highest BCUT2D eigenvalue weighted by atomic mass is 127. The van der Waals surface area contributed by atoms with Gasteiger partial charge >= 0.3 is 0 Å². The maximum atomic E-state index is 9.82. The highest BCUT2D eigenvalue weighted by Crippen LogP contribution is 2.48. The Kier molecular flexibility index (Phi) is 10.4. The summed E-state index contributed by atoms with van der Waals surface area (Å²) >= 11 is 2.33. The second-order valence-electron chi connectivity index (χ2n) is 7.72. The molecule has 3 nitrogen and oxygen atoms in total. The smallest absolute Gasteiger partial charge is 0.155 e. The number of halogens is 1. The Balaban J connectivity index is 1.76. The van der Waals surface area contributed by atoms with E-state index in [-0.39, 0.29) is 6.10 Å². The molecule has 1 aliphatic carbocycles. The van der Waals surface area contributed by atoms with Crippen LogP contribution < -0.4 is 0 Å². The number of hydrogen-bond donors (Lipinski definition) is 1. The molecule has 0 spiro atoms. The largest absolute Gasteiger partial charge is 0.368 e. The summed E-state index contributed by atoms with van der Waals surface area (Å²) < 4.78 is 11.7. The third-order valence-corrected chi connectivity index (χ3v) is 7.33. The molecule has 7 atom stereocenters. The van der Waals surface area contributed by atoms with E-state index in [4.69, 9.17) is 9.26 Å². The topological polar surface area (TPSA) is 38.7 Å². The summed E-state index contributed by atoms with van der Waals surface area (Å²) in [5.41, 5.74) is 0. The van der Waals surface area contributed by atoms with Crippen molar-refractivity contribution in [2.24, 2.45) is 17.8 Å². The highest BCUT2D eigenvalue weighted by molar-refractivity contribution is 14.2. The van der Waals surface area contributed by atoms with Crippen molar-refractivity contribution < 1.29 is 14.4 Å². The molecule has 1 heterocycles. The quantitative estimate of drug-likeness (QED) is 0.209. The normalized spacial score (nSPS) is 34.2. The number of hydrogen-bond acceptors (Lipinski definition) is 3. The van der Waals surface area contributed by atoms with E-state index < -0.39 is 6.29 Å². The van der Waals surface area contributed by atoms with Gasteiger partial charge in [0.1, 0.15) is 0 Å². The van der Waals surface area contributed by atoms with Crippen LogP contribution in [0.1, 0.15) is 84.5 Å². The van der Waals surface area contributed by atoms with Crippen molar-refractivity contribution in [2.45, 2.75) is 103 Å². The molecule has 1 saturated heterocycles. The Morgan fingerprint density at radius 3 is 2.67 bits per heavy atom. The van der Waals surface area contributed by atoms with Crippen molar-refractivity contribution in [3.05, 3.63) is 0 Å². The summed E-state index contributed by atoms with van der Waals surface area (Å²) in [6.45, 7) is 5.15. The third-order valence-electron chi connectivity index (χ3n) is 6.17. The second-order valence-corrected chi connectivity index (χ2v) is 9.43. The van der Waals surface area contributed by atoms with Crippen molar-refractivity contribution in [2.75, 3.05) is 0 Å². The molecule has 2 rings (SSSR count). The standard InChI is InChI=1S/C19H36IO3P/c1-3-5-6-7-8-9-14(4-2)10-11-15-16-12-19(21)22-17(16)13-18(15)23-24-20/h14-19,21,24H,3-13H2,1-2H3/t14?,15-,16-,17+,18-,19?/m1/s1. The van der Waals surface area contributed by atoms with E-state index in [0.29, 0.717) is 24.4 Å².